The Balaban J connectivity index is 1.76. The molecule has 126 valence electrons. The van der Waals surface area contributed by atoms with Crippen LogP contribution in [0.2, 0.25) is 0 Å². The summed E-state index contributed by atoms with van der Waals surface area (Å²) in [5.41, 5.74) is 1.97. The minimum atomic E-state index is -1.24. The summed E-state index contributed by atoms with van der Waals surface area (Å²) in [5, 5.41) is 0.809. The topological polar surface area (TPSA) is 51.1 Å². The van der Waals surface area contributed by atoms with Crippen molar-refractivity contribution in [3.63, 3.8) is 0 Å². The van der Waals surface area contributed by atoms with Gasteiger partial charge in [-0.3, -0.25) is 9.88 Å². The van der Waals surface area contributed by atoms with Crippen LogP contribution in [-0.4, -0.2) is 28.8 Å². The number of ether oxygens (including phenoxy) is 1. The number of nitrogens with zero attached hydrogens (tertiary/aromatic N) is 4. The molecule has 25 heavy (non-hydrogen) atoms. The molecule has 0 bridgehead atoms. The van der Waals surface area contributed by atoms with E-state index in [0.29, 0.717) is 17.9 Å². The smallest absolute Gasteiger partial charge is 0.168 e. The first-order chi connectivity index (χ1) is 12.3. The number of alkyl halides is 1. The SMILES string of the molecule is COCN1c2cc(C(F)c3cccnc3)ccc2Sc2nccnc21. The molecule has 1 aromatic carbocycles. The molecule has 1 unspecified atom stereocenters. The van der Waals surface area contributed by atoms with Gasteiger partial charge in [0.25, 0.3) is 0 Å². The second kappa shape index (κ2) is 6.78. The van der Waals surface area contributed by atoms with Gasteiger partial charge in [-0.1, -0.05) is 23.9 Å². The molecule has 5 nitrogen and oxygen atoms in total. The third-order valence-corrected chi connectivity index (χ3v) is 4.96. The standard InChI is InChI=1S/C18H15FN4OS/c1-24-11-23-14-9-12(16(19)13-3-2-6-20-10-13)4-5-15(14)25-18-17(23)21-7-8-22-18/h2-10,16H,11H2,1H3. The van der Waals surface area contributed by atoms with Gasteiger partial charge in [0.2, 0.25) is 0 Å². The molecule has 0 spiro atoms. The van der Waals surface area contributed by atoms with Crippen LogP contribution in [0, 0.1) is 0 Å². The van der Waals surface area contributed by atoms with Crippen molar-refractivity contribution in [2.24, 2.45) is 0 Å². The van der Waals surface area contributed by atoms with Gasteiger partial charge in [-0.2, -0.15) is 0 Å². The average molecular weight is 354 g/mol. The maximum atomic E-state index is 14.9. The van der Waals surface area contributed by atoms with E-state index in [1.54, 1.807) is 50.1 Å². The molecule has 0 saturated carbocycles. The Morgan fingerprint density at radius 2 is 2.04 bits per heavy atom. The van der Waals surface area contributed by atoms with Crippen molar-refractivity contribution in [2.45, 2.75) is 16.1 Å². The van der Waals surface area contributed by atoms with Crippen molar-refractivity contribution in [1.82, 2.24) is 15.0 Å². The fourth-order valence-corrected chi connectivity index (χ4v) is 3.75. The van der Waals surface area contributed by atoms with Gasteiger partial charge in [0.15, 0.2) is 12.0 Å². The highest BCUT2D eigenvalue weighted by molar-refractivity contribution is 7.99. The molecule has 0 aliphatic carbocycles. The number of fused-ring (bicyclic) bond motifs is 2. The van der Waals surface area contributed by atoms with Crippen LogP contribution in [0.5, 0.6) is 0 Å². The molecular weight excluding hydrogens is 339 g/mol. The van der Waals surface area contributed by atoms with E-state index < -0.39 is 6.17 Å². The highest BCUT2D eigenvalue weighted by Gasteiger charge is 2.27. The highest BCUT2D eigenvalue weighted by atomic mass is 32.2. The summed E-state index contributed by atoms with van der Waals surface area (Å²) in [6.45, 7) is 0.312. The van der Waals surface area contributed by atoms with Crippen LogP contribution >= 0.6 is 11.8 Å². The molecule has 3 heterocycles. The van der Waals surface area contributed by atoms with Gasteiger partial charge in [-0.15, -0.1) is 0 Å². The molecule has 0 radical (unpaired) electrons. The second-order valence-corrected chi connectivity index (χ2v) is 6.54. The Morgan fingerprint density at radius 1 is 1.16 bits per heavy atom. The Labute approximate surface area is 148 Å². The summed E-state index contributed by atoms with van der Waals surface area (Å²) < 4.78 is 20.2. The van der Waals surface area contributed by atoms with E-state index in [1.165, 1.54) is 11.8 Å². The first kappa shape index (κ1) is 16.0. The molecule has 2 aromatic heterocycles. The third kappa shape index (κ3) is 2.96. The zero-order valence-corrected chi connectivity index (χ0v) is 14.3. The monoisotopic (exact) mass is 354 g/mol. The van der Waals surface area contributed by atoms with E-state index in [9.17, 15) is 4.39 Å². The quantitative estimate of drug-likeness (QED) is 0.702. The molecule has 1 aliphatic rings. The van der Waals surface area contributed by atoms with Crippen LogP contribution < -0.4 is 4.90 Å². The van der Waals surface area contributed by atoms with E-state index in [4.69, 9.17) is 4.74 Å². The Hall–Kier alpha value is -2.51. The summed E-state index contributed by atoms with van der Waals surface area (Å²) in [5.74, 6) is 0.718. The maximum absolute atomic E-state index is 14.9. The van der Waals surface area contributed by atoms with Crippen molar-refractivity contribution in [3.05, 3.63) is 66.2 Å². The lowest BCUT2D eigenvalue weighted by molar-refractivity contribution is 0.204. The first-order valence-electron chi connectivity index (χ1n) is 7.71. The normalized spacial score (nSPS) is 13.9. The summed E-state index contributed by atoms with van der Waals surface area (Å²) in [4.78, 5) is 15.7. The number of halogens is 1. The number of benzene rings is 1. The molecule has 0 amide bonds. The molecule has 0 saturated heterocycles. The minimum Gasteiger partial charge on any atom is -0.364 e. The Morgan fingerprint density at radius 3 is 2.84 bits per heavy atom. The summed E-state index contributed by atoms with van der Waals surface area (Å²) in [6.07, 6.45) is 5.25. The number of rotatable bonds is 4. The van der Waals surface area contributed by atoms with Gasteiger partial charge in [-0.05, 0) is 23.8 Å². The van der Waals surface area contributed by atoms with Gasteiger partial charge >= 0.3 is 0 Å². The van der Waals surface area contributed by atoms with Gasteiger partial charge in [0.1, 0.15) is 11.8 Å². The predicted molar refractivity (Wildman–Crippen MR) is 93.8 cm³/mol. The van der Waals surface area contributed by atoms with Crippen molar-refractivity contribution < 1.29 is 9.13 Å². The number of aromatic nitrogens is 3. The van der Waals surface area contributed by atoms with E-state index in [2.05, 4.69) is 15.0 Å². The van der Waals surface area contributed by atoms with Crippen LogP contribution in [0.1, 0.15) is 17.3 Å². The number of hydrogen-bond donors (Lipinski definition) is 0. The highest BCUT2D eigenvalue weighted by Crippen LogP contribution is 2.47. The van der Waals surface area contributed by atoms with Gasteiger partial charge in [0, 0.05) is 42.4 Å². The van der Waals surface area contributed by atoms with Crippen LogP contribution in [0.25, 0.3) is 0 Å². The van der Waals surface area contributed by atoms with E-state index in [1.807, 2.05) is 17.0 Å². The first-order valence-corrected chi connectivity index (χ1v) is 8.53. The van der Waals surface area contributed by atoms with Gasteiger partial charge in [-0.25, -0.2) is 14.4 Å². The van der Waals surface area contributed by atoms with Gasteiger partial charge < -0.3 is 4.74 Å². The third-order valence-electron chi connectivity index (χ3n) is 3.91. The maximum Gasteiger partial charge on any atom is 0.168 e. The molecule has 1 aliphatic heterocycles. The molecule has 0 fully saturated rings. The predicted octanol–water partition coefficient (Wildman–Crippen LogP) is 4.14. The lowest BCUT2D eigenvalue weighted by Crippen LogP contribution is -2.24. The second-order valence-electron chi connectivity index (χ2n) is 5.51. The Kier molecular flexibility index (Phi) is 4.33. The summed E-state index contributed by atoms with van der Waals surface area (Å²) in [7, 11) is 1.62. The number of hydrogen-bond acceptors (Lipinski definition) is 6. The van der Waals surface area contributed by atoms with Gasteiger partial charge in [0.05, 0.1) is 5.69 Å². The summed E-state index contributed by atoms with van der Waals surface area (Å²) >= 11 is 1.52. The van der Waals surface area contributed by atoms with Crippen LogP contribution in [0.15, 0.2) is 65.0 Å². The fourth-order valence-electron chi connectivity index (χ4n) is 2.76. The van der Waals surface area contributed by atoms with Crippen molar-refractivity contribution in [3.8, 4) is 0 Å². The lowest BCUT2D eigenvalue weighted by Gasteiger charge is -2.30. The van der Waals surface area contributed by atoms with Crippen molar-refractivity contribution >= 4 is 23.3 Å². The van der Waals surface area contributed by atoms with E-state index in [0.717, 1.165) is 21.4 Å². The minimum absolute atomic E-state index is 0.312. The average Bonchev–Trinajstić information content (AvgIpc) is 2.68. The zero-order valence-electron chi connectivity index (χ0n) is 13.5. The molecular formula is C18H15FN4OS. The number of pyridine rings is 1. The number of anilines is 2. The largest absolute Gasteiger partial charge is 0.364 e. The van der Waals surface area contributed by atoms with Crippen LogP contribution in [0.4, 0.5) is 15.9 Å². The van der Waals surface area contributed by atoms with E-state index in [-0.39, 0.29) is 0 Å². The van der Waals surface area contributed by atoms with Crippen LogP contribution in [0.3, 0.4) is 0 Å². The zero-order chi connectivity index (χ0) is 17.2. The molecule has 7 heteroatoms. The number of methoxy groups -OCH3 is 1. The Bertz CT molecular complexity index is 893. The van der Waals surface area contributed by atoms with Crippen LogP contribution in [-0.2, 0) is 4.74 Å². The molecule has 3 aromatic rings. The van der Waals surface area contributed by atoms with Crippen molar-refractivity contribution in [2.75, 3.05) is 18.7 Å². The molecule has 1 atom stereocenters. The lowest BCUT2D eigenvalue weighted by atomic mass is 10.0. The summed E-state index contributed by atoms with van der Waals surface area (Å²) in [6, 6.07) is 9.03. The van der Waals surface area contributed by atoms with Crippen molar-refractivity contribution in [1.29, 1.82) is 0 Å². The molecule has 0 N–H and O–H groups in total. The fraction of sp³-hybridized carbons (Fsp3) is 0.167. The molecule has 4 rings (SSSR count). The van der Waals surface area contributed by atoms with E-state index >= 15 is 0 Å².